The highest BCUT2D eigenvalue weighted by Gasteiger charge is 2.24. The molecule has 0 saturated heterocycles. The van der Waals surface area contributed by atoms with Crippen LogP contribution in [0.4, 0.5) is 0 Å². The molecule has 0 atom stereocenters. The lowest BCUT2D eigenvalue weighted by atomic mass is 10.1. The van der Waals surface area contributed by atoms with Crippen molar-refractivity contribution < 1.29 is 43.2 Å². The molecule has 0 spiro atoms. The molecule has 0 saturated carbocycles. The Kier molecular flexibility index (Phi) is 12.8. The number of hydrogen-bond donors (Lipinski definition) is 5. The number of imide groups is 2. The molecule has 0 radical (unpaired) electrons. The van der Waals surface area contributed by atoms with Gasteiger partial charge in [0.15, 0.2) is 0 Å². The van der Waals surface area contributed by atoms with E-state index in [1.807, 2.05) is 0 Å². The number of amides is 9. The highest BCUT2D eigenvalue weighted by atomic mass is 16.2. The van der Waals surface area contributed by atoms with Crippen LogP contribution in [0.2, 0.25) is 0 Å². The summed E-state index contributed by atoms with van der Waals surface area (Å²) in [5, 5.41) is 12.8. The summed E-state index contributed by atoms with van der Waals surface area (Å²) in [6.07, 6.45) is 3.92. The van der Waals surface area contributed by atoms with Crippen molar-refractivity contribution >= 4 is 53.2 Å². The Labute approximate surface area is 235 Å². The van der Waals surface area contributed by atoms with Gasteiger partial charge in [0.2, 0.25) is 29.5 Å². The van der Waals surface area contributed by atoms with Crippen molar-refractivity contribution in [3.05, 3.63) is 24.3 Å². The van der Waals surface area contributed by atoms with Crippen molar-refractivity contribution in [1.29, 1.82) is 0 Å². The average molecular weight is 576 g/mol. The van der Waals surface area contributed by atoms with Gasteiger partial charge in [0, 0.05) is 102 Å². The average Bonchev–Trinajstić information content (AvgIpc) is 3.40. The minimum Gasteiger partial charge on any atom is -0.354 e. The van der Waals surface area contributed by atoms with Crippen LogP contribution in [0, 0.1) is 0 Å². The molecule has 0 fully saturated rings. The molecule has 41 heavy (non-hydrogen) atoms. The zero-order valence-corrected chi connectivity index (χ0v) is 22.5. The number of carbonyl (C=O) groups excluding carboxylic acids is 9. The molecule has 5 N–H and O–H groups in total. The molecule has 0 aromatic heterocycles. The highest BCUT2D eigenvalue weighted by molar-refractivity contribution is 6.13. The second-order valence-corrected chi connectivity index (χ2v) is 9.03. The zero-order chi connectivity index (χ0) is 30.4. The number of carbonyl (C=O) groups is 9. The van der Waals surface area contributed by atoms with Crippen LogP contribution in [-0.4, -0.2) is 108 Å². The maximum atomic E-state index is 12.3. The van der Waals surface area contributed by atoms with Gasteiger partial charge in [0.25, 0.3) is 23.6 Å². The third kappa shape index (κ3) is 11.8. The van der Waals surface area contributed by atoms with Crippen molar-refractivity contribution in [1.82, 2.24) is 36.4 Å². The van der Waals surface area contributed by atoms with Gasteiger partial charge < -0.3 is 26.6 Å². The first-order valence-electron chi connectivity index (χ1n) is 12.9. The van der Waals surface area contributed by atoms with Gasteiger partial charge in [-0.2, -0.15) is 0 Å². The Bertz CT molecular complexity index is 1030. The maximum Gasteiger partial charge on any atom is 0.253 e. The molecule has 16 heteroatoms. The number of hydrogen-bond acceptors (Lipinski definition) is 9. The standard InChI is InChI=1S/C25H33N7O9/c1-16(33)30-17(14-20(36)28-10-8-26-18(34)6-12-31-22(38)2-3-23(31)39)15-21(37)29-11-9-27-19(35)7-13-32-24(40)4-5-25(32)41/h2-5,17H,6-15H2,1H3,(H,26,34)(H,27,35)(H,28,36)(H,29,37)(H,30,33). The van der Waals surface area contributed by atoms with E-state index in [9.17, 15) is 43.2 Å². The smallest absolute Gasteiger partial charge is 0.253 e. The first kappa shape index (κ1) is 32.3. The van der Waals surface area contributed by atoms with E-state index in [1.54, 1.807) is 0 Å². The number of nitrogens with zero attached hydrogens (tertiary/aromatic N) is 2. The van der Waals surface area contributed by atoms with Gasteiger partial charge in [-0.25, -0.2) is 0 Å². The van der Waals surface area contributed by atoms with E-state index in [1.165, 1.54) is 6.92 Å². The summed E-state index contributed by atoms with van der Waals surface area (Å²) in [6.45, 7) is 1.44. The second kappa shape index (κ2) is 16.3. The van der Waals surface area contributed by atoms with E-state index >= 15 is 0 Å². The minimum atomic E-state index is -0.801. The summed E-state index contributed by atoms with van der Waals surface area (Å²) in [5.41, 5.74) is 0. The van der Waals surface area contributed by atoms with Gasteiger partial charge >= 0.3 is 0 Å². The molecule has 2 rings (SSSR count). The number of rotatable bonds is 17. The van der Waals surface area contributed by atoms with Gasteiger partial charge in [-0.15, -0.1) is 0 Å². The first-order chi connectivity index (χ1) is 19.5. The largest absolute Gasteiger partial charge is 0.354 e. The minimum absolute atomic E-state index is 0.0589. The predicted molar refractivity (Wildman–Crippen MR) is 140 cm³/mol. The van der Waals surface area contributed by atoms with Crippen LogP contribution < -0.4 is 26.6 Å². The van der Waals surface area contributed by atoms with E-state index in [0.717, 1.165) is 34.1 Å². The molecule has 16 nitrogen and oxygen atoms in total. The summed E-state index contributed by atoms with van der Waals surface area (Å²) >= 11 is 0. The third-order valence-electron chi connectivity index (χ3n) is 5.74. The fourth-order valence-corrected chi connectivity index (χ4v) is 3.77. The molecule has 222 valence electrons. The molecular formula is C25H33N7O9. The lowest BCUT2D eigenvalue weighted by Gasteiger charge is -2.18. The molecule has 9 amide bonds. The summed E-state index contributed by atoms with van der Waals surface area (Å²) in [4.78, 5) is 108. The van der Waals surface area contributed by atoms with E-state index in [-0.39, 0.29) is 65.0 Å². The van der Waals surface area contributed by atoms with Crippen LogP contribution >= 0.6 is 0 Å². The lowest BCUT2D eigenvalue weighted by Crippen LogP contribution is -2.43. The first-order valence-corrected chi connectivity index (χ1v) is 12.9. The summed E-state index contributed by atoms with van der Waals surface area (Å²) < 4.78 is 0. The van der Waals surface area contributed by atoms with E-state index < -0.39 is 59.2 Å². The summed E-state index contributed by atoms with van der Waals surface area (Å²) in [7, 11) is 0. The molecule has 2 heterocycles. The number of nitrogens with one attached hydrogen (secondary N) is 5. The van der Waals surface area contributed by atoms with Gasteiger partial charge in [-0.3, -0.25) is 53.0 Å². The lowest BCUT2D eigenvalue weighted by molar-refractivity contribution is -0.139. The second-order valence-electron chi connectivity index (χ2n) is 9.03. The Morgan fingerprint density at radius 3 is 1.22 bits per heavy atom. The fourth-order valence-electron chi connectivity index (χ4n) is 3.77. The van der Waals surface area contributed by atoms with Crippen molar-refractivity contribution in [3.8, 4) is 0 Å². The van der Waals surface area contributed by atoms with Gasteiger partial charge in [-0.05, 0) is 0 Å². The summed E-state index contributed by atoms with van der Waals surface area (Å²) in [6, 6.07) is -0.801. The van der Waals surface area contributed by atoms with E-state index in [0.29, 0.717) is 0 Å². The fraction of sp³-hybridized carbons (Fsp3) is 0.480. The molecule has 0 bridgehead atoms. The van der Waals surface area contributed by atoms with Crippen LogP contribution in [0.25, 0.3) is 0 Å². The van der Waals surface area contributed by atoms with Crippen molar-refractivity contribution in [2.45, 2.75) is 38.6 Å². The van der Waals surface area contributed by atoms with Crippen molar-refractivity contribution in [3.63, 3.8) is 0 Å². The van der Waals surface area contributed by atoms with Gasteiger partial charge in [0.05, 0.1) is 0 Å². The molecule has 0 unspecified atom stereocenters. The third-order valence-corrected chi connectivity index (χ3v) is 5.74. The van der Waals surface area contributed by atoms with E-state index in [4.69, 9.17) is 0 Å². The van der Waals surface area contributed by atoms with E-state index in [2.05, 4.69) is 26.6 Å². The highest BCUT2D eigenvalue weighted by Crippen LogP contribution is 2.05. The molecule has 2 aliphatic rings. The molecule has 0 aromatic carbocycles. The van der Waals surface area contributed by atoms with Crippen LogP contribution in [0.5, 0.6) is 0 Å². The Balaban J connectivity index is 1.59. The normalized spacial score (nSPS) is 14.1. The Morgan fingerprint density at radius 1 is 0.585 bits per heavy atom. The molecule has 2 aliphatic heterocycles. The topological polar surface area (TPSA) is 220 Å². The Hall–Kier alpha value is -4.89. The van der Waals surface area contributed by atoms with Crippen molar-refractivity contribution in [2.75, 3.05) is 39.3 Å². The molecular weight excluding hydrogens is 542 g/mol. The quantitative estimate of drug-likeness (QED) is 0.0852. The molecule has 0 aliphatic carbocycles. The maximum absolute atomic E-state index is 12.3. The zero-order valence-electron chi connectivity index (χ0n) is 22.5. The van der Waals surface area contributed by atoms with Crippen LogP contribution in [0.3, 0.4) is 0 Å². The van der Waals surface area contributed by atoms with Crippen LogP contribution in [0.15, 0.2) is 24.3 Å². The van der Waals surface area contributed by atoms with Crippen LogP contribution in [-0.2, 0) is 43.2 Å². The van der Waals surface area contributed by atoms with Crippen molar-refractivity contribution in [2.24, 2.45) is 0 Å². The van der Waals surface area contributed by atoms with Crippen LogP contribution in [0.1, 0.15) is 32.6 Å². The van der Waals surface area contributed by atoms with Gasteiger partial charge in [-0.1, -0.05) is 0 Å². The van der Waals surface area contributed by atoms with Gasteiger partial charge in [0.1, 0.15) is 0 Å². The predicted octanol–water partition coefficient (Wildman–Crippen LogP) is -3.63. The Morgan fingerprint density at radius 2 is 0.902 bits per heavy atom. The summed E-state index contributed by atoms with van der Waals surface area (Å²) in [5.74, 6) is -4.13. The molecule has 0 aromatic rings. The monoisotopic (exact) mass is 575 g/mol. The SMILES string of the molecule is CC(=O)NC(CC(=O)NCCNC(=O)CCN1C(=O)C=CC1=O)CC(=O)NCCNC(=O)CCN1C(=O)C=CC1=O.